The Morgan fingerprint density at radius 2 is 1.63 bits per heavy atom. The van der Waals surface area contributed by atoms with Gasteiger partial charge in [-0.2, -0.15) is 5.10 Å². The van der Waals surface area contributed by atoms with Crippen molar-refractivity contribution in [2.45, 2.75) is 20.4 Å². The molecule has 0 atom stereocenters. The number of aromatic nitrogens is 4. The lowest BCUT2D eigenvalue weighted by Gasteiger charge is -2.08. The van der Waals surface area contributed by atoms with Crippen LogP contribution in [-0.2, 0) is 6.54 Å². The maximum absolute atomic E-state index is 4.84. The second kappa shape index (κ2) is 7.41. The quantitative estimate of drug-likeness (QED) is 0.570. The van der Waals surface area contributed by atoms with Crippen molar-refractivity contribution in [3.8, 4) is 16.9 Å². The average Bonchev–Trinajstić information content (AvgIpc) is 3.14. The molecule has 1 N–H and O–H groups in total. The molecule has 4 aromatic rings. The third-order valence-electron chi connectivity index (χ3n) is 4.38. The van der Waals surface area contributed by atoms with Crippen molar-refractivity contribution in [1.82, 2.24) is 19.7 Å². The molecule has 2 heterocycles. The van der Waals surface area contributed by atoms with Crippen molar-refractivity contribution in [3.63, 3.8) is 0 Å². The maximum Gasteiger partial charge on any atom is 0.148 e. The van der Waals surface area contributed by atoms with Crippen LogP contribution in [0.3, 0.4) is 0 Å². The SMILES string of the molecule is Cc1cnc(C)c(NCc2cn(-c3ccccc3)nc2-c2ccccc2)n1. The third-order valence-corrected chi connectivity index (χ3v) is 4.38. The number of hydrogen-bond acceptors (Lipinski definition) is 4. The van der Waals surface area contributed by atoms with Gasteiger partial charge in [0.25, 0.3) is 0 Å². The summed E-state index contributed by atoms with van der Waals surface area (Å²) in [6, 6.07) is 20.4. The summed E-state index contributed by atoms with van der Waals surface area (Å²) in [5.74, 6) is 0.807. The zero-order chi connectivity index (χ0) is 18.6. The van der Waals surface area contributed by atoms with Crippen molar-refractivity contribution in [2.24, 2.45) is 0 Å². The monoisotopic (exact) mass is 355 g/mol. The highest BCUT2D eigenvalue weighted by molar-refractivity contribution is 5.63. The van der Waals surface area contributed by atoms with Crippen LogP contribution in [0.4, 0.5) is 5.82 Å². The van der Waals surface area contributed by atoms with Crippen molar-refractivity contribution in [3.05, 3.63) is 90.0 Å². The molecule has 0 spiro atoms. The molecule has 0 saturated carbocycles. The molecule has 4 rings (SSSR count). The second-order valence-corrected chi connectivity index (χ2v) is 6.45. The van der Waals surface area contributed by atoms with Crippen molar-refractivity contribution in [2.75, 3.05) is 5.32 Å². The Bertz CT molecular complexity index is 1040. The fraction of sp³-hybridized carbons (Fsp3) is 0.136. The molecule has 0 saturated heterocycles. The lowest BCUT2D eigenvalue weighted by Crippen LogP contribution is -2.05. The van der Waals surface area contributed by atoms with Crippen LogP contribution >= 0.6 is 0 Å². The summed E-state index contributed by atoms with van der Waals surface area (Å²) < 4.78 is 1.92. The van der Waals surface area contributed by atoms with Crippen LogP contribution in [0.2, 0.25) is 0 Å². The van der Waals surface area contributed by atoms with Gasteiger partial charge in [-0.15, -0.1) is 0 Å². The predicted octanol–water partition coefficient (Wildman–Crippen LogP) is 4.56. The van der Waals surface area contributed by atoms with Crippen LogP contribution in [0.1, 0.15) is 17.0 Å². The second-order valence-electron chi connectivity index (χ2n) is 6.45. The van der Waals surface area contributed by atoms with Gasteiger partial charge >= 0.3 is 0 Å². The first-order chi connectivity index (χ1) is 13.2. The topological polar surface area (TPSA) is 55.6 Å². The van der Waals surface area contributed by atoms with Gasteiger partial charge in [-0.3, -0.25) is 4.98 Å². The van der Waals surface area contributed by atoms with E-state index in [-0.39, 0.29) is 0 Å². The van der Waals surface area contributed by atoms with Gasteiger partial charge in [-0.25, -0.2) is 9.67 Å². The number of hydrogen-bond donors (Lipinski definition) is 1. The van der Waals surface area contributed by atoms with E-state index in [0.29, 0.717) is 6.54 Å². The van der Waals surface area contributed by atoms with E-state index < -0.39 is 0 Å². The van der Waals surface area contributed by atoms with Crippen molar-refractivity contribution in [1.29, 1.82) is 0 Å². The van der Waals surface area contributed by atoms with Gasteiger partial charge in [0.1, 0.15) is 5.82 Å². The highest BCUT2D eigenvalue weighted by Crippen LogP contribution is 2.24. The van der Waals surface area contributed by atoms with E-state index in [1.165, 1.54) is 0 Å². The fourth-order valence-electron chi connectivity index (χ4n) is 2.97. The van der Waals surface area contributed by atoms with Gasteiger partial charge in [0.15, 0.2) is 0 Å². The van der Waals surface area contributed by atoms with Crippen molar-refractivity contribution >= 4 is 5.82 Å². The van der Waals surface area contributed by atoms with Crippen LogP contribution in [0.15, 0.2) is 73.1 Å². The van der Waals surface area contributed by atoms with Crippen LogP contribution in [-0.4, -0.2) is 19.7 Å². The van der Waals surface area contributed by atoms with Crippen LogP contribution in [0, 0.1) is 13.8 Å². The van der Waals surface area contributed by atoms with E-state index in [4.69, 9.17) is 5.10 Å². The smallest absolute Gasteiger partial charge is 0.148 e. The van der Waals surface area contributed by atoms with Crippen LogP contribution in [0.5, 0.6) is 0 Å². The Morgan fingerprint density at radius 3 is 2.37 bits per heavy atom. The minimum Gasteiger partial charge on any atom is -0.364 e. The molecule has 0 unspecified atom stereocenters. The Labute approximate surface area is 158 Å². The Kier molecular flexibility index (Phi) is 4.66. The number of nitrogens with zero attached hydrogens (tertiary/aromatic N) is 4. The normalized spacial score (nSPS) is 10.7. The fourth-order valence-corrected chi connectivity index (χ4v) is 2.97. The highest BCUT2D eigenvalue weighted by Gasteiger charge is 2.13. The molecule has 0 amide bonds. The summed E-state index contributed by atoms with van der Waals surface area (Å²) in [7, 11) is 0. The molecule has 27 heavy (non-hydrogen) atoms. The summed E-state index contributed by atoms with van der Waals surface area (Å²) >= 11 is 0. The standard InChI is InChI=1S/C22H21N5/c1-16-13-23-17(2)22(25-16)24-14-19-15-27(20-11-7-4-8-12-20)26-21(19)18-9-5-3-6-10-18/h3-13,15H,14H2,1-2H3,(H,24,25). The molecule has 0 radical (unpaired) electrons. The van der Waals surface area contributed by atoms with Gasteiger partial charge in [0.2, 0.25) is 0 Å². The summed E-state index contributed by atoms with van der Waals surface area (Å²) in [4.78, 5) is 8.93. The Morgan fingerprint density at radius 1 is 0.926 bits per heavy atom. The summed E-state index contributed by atoms with van der Waals surface area (Å²) in [5, 5.41) is 8.26. The number of aryl methyl sites for hydroxylation is 2. The summed E-state index contributed by atoms with van der Waals surface area (Å²) in [5.41, 5.74) is 5.98. The minimum atomic E-state index is 0.621. The van der Waals surface area contributed by atoms with Gasteiger partial charge in [0, 0.05) is 30.1 Å². The van der Waals surface area contributed by atoms with Crippen LogP contribution < -0.4 is 5.32 Å². The molecule has 5 nitrogen and oxygen atoms in total. The van der Waals surface area contributed by atoms with Gasteiger partial charge in [-0.1, -0.05) is 48.5 Å². The molecule has 2 aromatic heterocycles. The first-order valence-electron chi connectivity index (χ1n) is 8.94. The van der Waals surface area contributed by atoms with Gasteiger partial charge in [-0.05, 0) is 26.0 Å². The molecule has 5 heteroatoms. The van der Waals surface area contributed by atoms with Gasteiger partial charge < -0.3 is 5.32 Å². The average molecular weight is 355 g/mol. The first kappa shape index (κ1) is 17.0. The van der Waals surface area contributed by atoms with E-state index in [1.54, 1.807) is 6.20 Å². The van der Waals surface area contributed by atoms with E-state index in [2.05, 4.69) is 45.7 Å². The number of rotatable bonds is 5. The minimum absolute atomic E-state index is 0.621. The third kappa shape index (κ3) is 3.72. The predicted molar refractivity (Wildman–Crippen MR) is 108 cm³/mol. The highest BCUT2D eigenvalue weighted by atomic mass is 15.3. The number of anilines is 1. The first-order valence-corrected chi connectivity index (χ1v) is 8.94. The molecule has 0 aliphatic rings. The zero-order valence-electron chi connectivity index (χ0n) is 15.4. The summed E-state index contributed by atoms with van der Waals surface area (Å²) in [6.07, 6.45) is 3.85. The molecule has 134 valence electrons. The number of benzene rings is 2. The van der Waals surface area contributed by atoms with Gasteiger partial charge in [0.05, 0.1) is 22.8 Å². The molecule has 0 fully saturated rings. The number of nitrogens with one attached hydrogen (secondary N) is 1. The van der Waals surface area contributed by atoms with E-state index in [0.717, 1.165) is 39.7 Å². The molecular formula is C22H21N5. The number of para-hydroxylation sites is 1. The van der Waals surface area contributed by atoms with E-state index in [9.17, 15) is 0 Å². The molecule has 0 aliphatic heterocycles. The van der Waals surface area contributed by atoms with E-state index in [1.807, 2.05) is 54.9 Å². The zero-order valence-corrected chi connectivity index (χ0v) is 15.4. The molecule has 0 bridgehead atoms. The molecule has 0 aliphatic carbocycles. The van der Waals surface area contributed by atoms with Crippen LogP contribution in [0.25, 0.3) is 16.9 Å². The molecular weight excluding hydrogens is 334 g/mol. The van der Waals surface area contributed by atoms with E-state index >= 15 is 0 Å². The maximum atomic E-state index is 4.84. The van der Waals surface area contributed by atoms with Crippen molar-refractivity contribution < 1.29 is 0 Å². The summed E-state index contributed by atoms with van der Waals surface area (Å²) in [6.45, 7) is 4.52. The Balaban J connectivity index is 1.70. The lowest BCUT2D eigenvalue weighted by molar-refractivity contribution is 0.883. The molecule has 2 aromatic carbocycles. The largest absolute Gasteiger partial charge is 0.364 e. The Hall–Kier alpha value is -3.47. The lowest BCUT2D eigenvalue weighted by atomic mass is 10.1.